The maximum Gasteiger partial charge on any atom is 0.274 e. The van der Waals surface area contributed by atoms with E-state index in [1.165, 1.54) is 24.7 Å². The molecule has 4 aromatic rings. The number of benzene rings is 1. The minimum absolute atomic E-state index is 0.195. The molecule has 0 bridgehead atoms. The van der Waals surface area contributed by atoms with Crippen LogP contribution >= 0.6 is 0 Å². The van der Waals surface area contributed by atoms with E-state index in [-0.39, 0.29) is 17.8 Å². The Labute approximate surface area is 154 Å². The highest BCUT2D eigenvalue weighted by atomic mass is 19.1. The van der Waals surface area contributed by atoms with Crippen LogP contribution in [0.1, 0.15) is 30.4 Å². The molecular weight excluding hydrogens is 347 g/mol. The molecule has 0 aliphatic rings. The predicted octanol–water partition coefficient (Wildman–Crippen LogP) is 3.59. The quantitative estimate of drug-likeness (QED) is 0.600. The Morgan fingerprint density at radius 3 is 2.67 bits per heavy atom. The van der Waals surface area contributed by atoms with Gasteiger partial charge < -0.3 is 5.32 Å². The maximum absolute atomic E-state index is 13.1. The highest BCUT2D eigenvalue weighted by Gasteiger charge is 2.15. The summed E-state index contributed by atoms with van der Waals surface area (Å²) in [5.74, 6) is -0.680. The Hall–Kier alpha value is -3.55. The third kappa shape index (κ3) is 3.17. The summed E-state index contributed by atoms with van der Waals surface area (Å²) in [6.45, 7) is 4.06. The number of aromatic nitrogens is 5. The molecule has 0 aliphatic heterocycles. The van der Waals surface area contributed by atoms with Crippen LogP contribution in [0.15, 0.2) is 55.2 Å². The van der Waals surface area contributed by atoms with Gasteiger partial charge in [-0.2, -0.15) is 5.10 Å². The number of hydrogen-bond acceptors (Lipinski definition) is 4. The fourth-order valence-corrected chi connectivity index (χ4v) is 2.85. The first kappa shape index (κ1) is 16.9. The van der Waals surface area contributed by atoms with Crippen molar-refractivity contribution >= 4 is 22.6 Å². The molecule has 1 aromatic carbocycles. The standard InChI is InChI=1S/C19H17FN6O/c1-12(2)26-18-13(8-23-26)7-15(9-22-18)24-19(27)17-10-21-11-25(17)16-5-3-14(20)4-6-16/h3-12H,1-2H3,(H,24,27). The molecule has 27 heavy (non-hydrogen) atoms. The molecule has 4 rings (SSSR count). The van der Waals surface area contributed by atoms with Gasteiger partial charge in [0.2, 0.25) is 0 Å². The summed E-state index contributed by atoms with van der Waals surface area (Å²) in [6.07, 6.45) is 6.29. The van der Waals surface area contributed by atoms with E-state index in [0.717, 1.165) is 11.0 Å². The lowest BCUT2D eigenvalue weighted by Crippen LogP contribution is -2.16. The molecule has 0 aliphatic carbocycles. The van der Waals surface area contributed by atoms with Crippen molar-refractivity contribution in [1.29, 1.82) is 0 Å². The van der Waals surface area contributed by atoms with Crippen LogP contribution in [-0.2, 0) is 0 Å². The number of nitrogens with zero attached hydrogens (tertiary/aromatic N) is 5. The van der Waals surface area contributed by atoms with Crippen molar-refractivity contribution in [1.82, 2.24) is 24.3 Å². The van der Waals surface area contributed by atoms with E-state index in [1.54, 1.807) is 29.1 Å². The van der Waals surface area contributed by atoms with Crippen molar-refractivity contribution in [3.8, 4) is 5.69 Å². The number of fused-ring (bicyclic) bond motifs is 1. The zero-order chi connectivity index (χ0) is 19.0. The Morgan fingerprint density at radius 2 is 1.93 bits per heavy atom. The number of nitrogens with one attached hydrogen (secondary N) is 1. The number of halogens is 1. The predicted molar refractivity (Wildman–Crippen MR) is 99.4 cm³/mol. The van der Waals surface area contributed by atoms with Gasteiger partial charge in [-0.1, -0.05) is 0 Å². The molecular formula is C19H17FN6O. The lowest BCUT2D eigenvalue weighted by atomic mass is 10.3. The van der Waals surface area contributed by atoms with E-state index in [0.29, 0.717) is 17.1 Å². The summed E-state index contributed by atoms with van der Waals surface area (Å²) in [5, 5.41) is 7.99. The van der Waals surface area contributed by atoms with E-state index in [4.69, 9.17) is 0 Å². The minimum atomic E-state index is -0.341. The van der Waals surface area contributed by atoms with Crippen molar-refractivity contribution in [3.05, 3.63) is 66.8 Å². The SMILES string of the molecule is CC(C)n1ncc2cc(NC(=O)c3cncn3-c3ccc(F)cc3)cnc21. The summed E-state index contributed by atoms with van der Waals surface area (Å²) in [7, 11) is 0. The molecule has 8 heteroatoms. The lowest BCUT2D eigenvalue weighted by Gasteiger charge is -2.09. The lowest BCUT2D eigenvalue weighted by molar-refractivity contribution is 0.102. The van der Waals surface area contributed by atoms with Gasteiger partial charge in [0.1, 0.15) is 11.5 Å². The van der Waals surface area contributed by atoms with Gasteiger partial charge in [-0.15, -0.1) is 0 Å². The van der Waals surface area contributed by atoms with E-state index < -0.39 is 0 Å². The van der Waals surface area contributed by atoms with Gasteiger partial charge >= 0.3 is 0 Å². The van der Waals surface area contributed by atoms with Crippen molar-refractivity contribution in [3.63, 3.8) is 0 Å². The smallest absolute Gasteiger partial charge is 0.274 e. The highest BCUT2D eigenvalue weighted by Crippen LogP contribution is 2.20. The Balaban J connectivity index is 1.61. The number of carbonyl (C=O) groups is 1. The largest absolute Gasteiger partial charge is 0.319 e. The molecule has 0 radical (unpaired) electrons. The number of carbonyl (C=O) groups excluding carboxylic acids is 1. The molecule has 0 spiro atoms. The first-order valence-corrected chi connectivity index (χ1v) is 8.46. The van der Waals surface area contributed by atoms with E-state index in [1.807, 2.05) is 24.6 Å². The first-order chi connectivity index (χ1) is 13.0. The van der Waals surface area contributed by atoms with Crippen LogP contribution in [0.5, 0.6) is 0 Å². The number of pyridine rings is 1. The Morgan fingerprint density at radius 1 is 1.15 bits per heavy atom. The first-order valence-electron chi connectivity index (χ1n) is 8.46. The van der Waals surface area contributed by atoms with Crippen LogP contribution in [-0.4, -0.2) is 30.2 Å². The van der Waals surface area contributed by atoms with Gasteiger partial charge in [0.15, 0.2) is 5.65 Å². The molecule has 1 amide bonds. The van der Waals surface area contributed by atoms with E-state index >= 15 is 0 Å². The number of hydrogen-bond donors (Lipinski definition) is 1. The molecule has 3 aromatic heterocycles. The van der Waals surface area contributed by atoms with Crippen LogP contribution in [0.2, 0.25) is 0 Å². The van der Waals surface area contributed by atoms with Gasteiger partial charge in [-0.25, -0.2) is 19.0 Å². The number of rotatable bonds is 4. The third-order valence-corrected chi connectivity index (χ3v) is 4.16. The van der Waals surface area contributed by atoms with Gasteiger partial charge in [-0.3, -0.25) is 9.36 Å². The monoisotopic (exact) mass is 364 g/mol. The van der Waals surface area contributed by atoms with Gasteiger partial charge in [-0.05, 0) is 44.2 Å². The summed E-state index contributed by atoms with van der Waals surface area (Å²) < 4.78 is 16.6. The summed E-state index contributed by atoms with van der Waals surface area (Å²) >= 11 is 0. The Kier molecular flexibility index (Phi) is 4.15. The zero-order valence-electron chi connectivity index (χ0n) is 14.8. The third-order valence-electron chi connectivity index (χ3n) is 4.16. The normalized spacial score (nSPS) is 11.3. The molecule has 0 saturated heterocycles. The fourth-order valence-electron chi connectivity index (χ4n) is 2.85. The van der Waals surface area contributed by atoms with Crippen molar-refractivity contribution in [2.45, 2.75) is 19.9 Å². The van der Waals surface area contributed by atoms with E-state index in [2.05, 4.69) is 20.4 Å². The summed E-state index contributed by atoms with van der Waals surface area (Å²) in [5.41, 5.74) is 2.30. The average Bonchev–Trinajstić information content (AvgIpc) is 3.29. The molecule has 0 saturated carbocycles. The fraction of sp³-hybridized carbons (Fsp3) is 0.158. The summed E-state index contributed by atoms with van der Waals surface area (Å²) in [4.78, 5) is 21.1. The molecule has 0 unspecified atom stereocenters. The molecule has 136 valence electrons. The van der Waals surface area contributed by atoms with Crippen LogP contribution in [0.25, 0.3) is 16.7 Å². The van der Waals surface area contributed by atoms with Gasteiger partial charge in [0.25, 0.3) is 5.91 Å². The highest BCUT2D eigenvalue weighted by molar-refractivity contribution is 6.04. The second-order valence-corrected chi connectivity index (χ2v) is 6.40. The van der Waals surface area contributed by atoms with Crippen LogP contribution in [0.4, 0.5) is 10.1 Å². The minimum Gasteiger partial charge on any atom is -0.319 e. The zero-order valence-corrected chi connectivity index (χ0v) is 14.8. The molecule has 7 nitrogen and oxygen atoms in total. The van der Waals surface area contributed by atoms with Crippen LogP contribution < -0.4 is 5.32 Å². The van der Waals surface area contributed by atoms with Gasteiger partial charge in [0.05, 0.1) is 30.6 Å². The molecule has 1 N–H and O–H groups in total. The van der Waals surface area contributed by atoms with Crippen molar-refractivity contribution < 1.29 is 9.18 Å². The molecule has 0 fully saturated rings. The number of imidazole rings is 1. The van der Waals surface area contributed by atoms with E-state index in [9.17, 15) is 9.18 Å². The average molecular weight is 364 g/mol. The molecule has 0 atom stereocenters. The second-order valence-electron chi connectivity index (χ2n) is 6.40. The maximum atomic E-state index is 13.1. The van der Waals surface area contributed by atoms with Crippen molar-refractivity contribution in [2.24, 2.45) is 0 Å². The topological polar surface area (TPSA) is 77.6 Å². The Bertz CT molecular complexity index is 1110. The van der Waals surface area contributed by atoms with Crippen LogP contribution in [0, 0.1) is 5.82 Å². The number of amides is 1. The second kappa shape index (κ2) is 6.64. The van der Waals surface area contributed by atoms with Crippen LogP contribution in [0.3, 0.4) is 0 Å². The molecule has 3 heterocycles. The summed E-state index contributed by atoms with van der Waals surface area (Å²) in [6, 6.07) is 7.86. The van der Waals surface area contributed by atoms with Gasteiger partial charge in [0, 0.05) is 17.1 Å². The van der Waals surface area contributed by atoms with Crippen molar-refractivity contribution in [2.75, 3.05) is 5.32 Å². The number of anilines is 1.